The van der Waals surface area contributed by atoms with Gasteiger partial charge in [-0.2, -0.15) is 4.31 Å². The standard InChI is InChI=1S/C50H55N7O12S/c1-29-14-16-32(36(25-45(60)61)33-23-37-47(41(24-33)67-5)55(4)53-52-37)22-34(29)27-56-26-30(2)69-40-21-31(15-18-42(40)70(56,65)66)11-8-6-7-9-20-51-43(58)28-68-39-13-10-12-35-46(39)50(64)57(48(35)62)38-17-19-44(59)54(3)49(38)63/h10,12-16,18,21-24,30,36,38H,6-9,11,17,19-20,25-28H2,1-5H3,(H,51,58)(H,60,61)/t30-,36?,38?/m1/s1. The minimum absolute atomic E-state index is 0.0204. The first kappa shape index (κ1) is 49.2. The van der Waals surface area contributed by atoms with E-state index in [1.807, 2.05) is 38.1 Å². The molecule has 20 heteroatoms. The van der Waals surface area contributed by atoms with Gasteiger partial charge in [0.15, 0.2) is 6.61 Å². The molecule has 1 aromatic heterocycles. The van der Waals surface area contributed by atoms with Crippen LogP contribution in [0.25, 0.3) is 11.0 Å². The maximum Gasteiger partial charge on any atom is 0.304 e. The molecule has 368 valence electrons. The smallest absolute Gasteiger partial charge is 0.304 e. The molecule has 0 aliphatic carbocycles. The fourth-order valence-corrected chi connectivity index (χ4v) is 11.0. The molecule has 0 spiro atoms. The quantitative estimate of drug-likeness (QED) is 0.0878. The van der Waals surface area contributed by atoms with Gasteiger partial charge in [0.2, 0.25) is 15.9 Å². The molecule has 2 N–H and O–H groups in total. The monoisotopic (exact) mass is 977 g/mol. The topological polar surface area (TPSA) is 237 Å². The summed E-state index contributed by atoms with van der Waals surface area (Å²) >= 11 is 0. The molecule has 4 aromatic carbocycles. The maximum absolute atomic E-state index is 14.3. The van der Waals surface area contributed by atoms with Gasteiger partial charge in [-0.15, -0.1) is 5.10 Å². The summed E-state index contributed by atoms with van der Waals surface area (Å²) in [6, 6.07) is 17.8. The molecule has 5 amide bonds. The van der Waals surface area contributed by atoms with E-state index in [0.717, 1.165) is 45.8 Å². The van der Waals surface area contributed by atoms with E-state index >= 15 is 0 Å². The van der Waals surface area contributed by atoms with Gasteiger partial charge >= 0.3 is 5.97 Å². The van der Waals surface area contributed by atoms with Gasteiger partial charge < -0.3 is 24.6 Å². The number of ether oxygens (including phenoxy) is 3. The molecule has 0 radical (unpaired) electrons. The van der Waals surface area contributed by atoms with Gasteiger partial charge in [0, 0.05) is 39.5 Å². The van der Waals surface area contributed by atoms with E-state index in [1.54, 1.807) is 36.0 Å². The van der Waals surface area contributed by atoms with Crippen molar-refractivity contribution in [2.24, 2.45) is 7.05 Å². The van der Waals surface area contributed by atoms with Crippen molar-refractivity contribution in [3.05, 3.63) is 106 Å². The number of hydrogen-bond donors (Lipinski definition) is 2. The van der Waals surface area contributed by atoms with Gasteiger partial charge in [-0.1, -0.05) is 48.4 Å². The number of rotatable bonds is 18. The van der Waals surface area contributed by atoms with Crippen molar-refractivity contribution < 1.29 is 56.5 Å². The predicted molar refractivity (Wildman–Crippen MR) is 253 cm³/mol. The number of likely N-dealkylation sites (N-methyl/N-ethyl adjacent to an activating group) is 1. The number of carboxylic acids is 1. The Balaban J connectivity index is 0.830. The number of benzene rings is 4. The fraction of sp³-hybridized carbons (Fsp3) is 0.400. The zero-order valence-electron chi connectivity index (χ0n) is 39.6. The number of fused-ring (bicyclic) bond motifs is 3. The summed E-state index contributed by atoms with van der Waals surface area (Å²) in [5, 5.41) is 21.1. The number of piperidine rings is 1. The van der Waals surface area contributed by atoms with Crippen LogP contribution < -0.4 is 19.5 Å². The van der Waals surface area contributed by atoms with Crippen LogP contribution in [-0.4, -0.2) is 124 Å². The number of nitrogens with zero attached hydrogens (tertiary/aromatic N) is 6. The molecule has 1 fully saturated rings. The largest absolute Gasteiger partial charge is 0.494 e. The Bertz CT molecular complexity index is 3030. The average molecular weight is 978 g/mol. The van der Waals surface area contributed by atoms with Crippen LogP contribution in [0.2, 0.25) is 0 Å². The zero-order valence-corrected chi connectivity index (χ0v) is 40.4. The van der Waals surface area contributed by atoms with Crippen molar-refractivity contribution in [3.8, 4) is 17.2 Å². The van der Waals surface area contributed by atoms with E-state index in [4.69, 9.17) is 14.2 Å². The molecular weight excluding hydrogens is 923 g/mol. The number of aliphatic carboxylic acids is 1. The average Bonchev–Trinajstić information content (AvgIpc) is 3.80. The highest BCUT2D eigenvalue weighted by atomic mass is 32.2. The van der Waals surface area contributed by atoms with Crippen molar-refractivity contribution in [1.82, 2.24) is 34.4 Å². The van der Waals surface area contributed by atoms with Gasteiger partial charge in [-0.3, -0.25) is 38.6 Å². The number of carbonyl (C=O) groups excluding carboxylic acids is 5. The molecular formula is C50H55N7O12S. The Morgan fingerprint density at radius 2 is 1.73 bits per heavy atom. The lowest BCUT2D eigenvalue weighted by atomic mass is 9.86. The lowest BCUT2D eigenvalue weighted by Crippen LogP contribution is -2.54. The van der Waals surface area contributed by atoms with Gasteiger partial charge in [-0.25, -0.2) is 13.1 Å². The second kappa shape index (κ2) is 20.4. The van der Waals surface area contributed by atoms with Crippen LogP contribution in [0.4, 0.5) is 0 Å². The molecule has 8 rings (SSSR count). The Morgan fingerprint density at radius 1 is 0.943 bits per heavy atom. The van der Waals surface area contributed by atoms with Crippen LogP contribution >= 0.6 is 0 Å². The third kappa shape index (κ3) is 9.96. The minimum atomic E-state index is -4.02. The lowest BCUT2D eigenvalue weighted by Gasteiger charge is -2.32. The molecule has 19 nitrogen and oxygen atoms in total. The number of likely N-dealkylation sites (tertiary alicyclic amines) is 1. The summed E-state index contributed by atoms with van der Waals surface area (Å²) in [5.41, 5.74) is 5.16. The first-order chi connectivity index (χ1) is 33.5. The summed E-state index contributed by atoms with van der Waals surface area (Å²) < 4.78 is 49.2. The molecule has 3 aliphatic heterocycles. The number of unbranched alkanes of at least 4 members (excludes halogenated alkanes) is 3. The van der Waals surface area contributed by atoms with Crippen LogP contribution in [0.5, 0.6) is 17.2 Å². The predicted octanol–water partition coefficient (Wildman–Crippen LogP) is 4.91. The van der Waals surface area contributed by atoms with E-state index in [0.29, 0.717) is 47.3 Å². The Kier molecular flexibility index (Phi) is 14.4. The third-order valence-corrected chi connectivity index (χ3v) is 15.0. The summed E-state index contributed by atoms with van der Waals surface area (Å²) in [6.45, 7) is 3.85. The Hall–Kier alpha value is -7.19. The van der Waals surface area contributed by atoms with Gasteiger partial charge in [0.1, 0.15) is 45.3 Å². The summed E-state index contributed by atoms with van der Waals surface area (Å²) in [6.07, 6.45) is 3.19. The normalized spacial score (nSPS) is 18.3. The number of sulfonamides is 1. The number of imide groups is 2. The van der Waals surface area contributed by atoms with E-state index in [9.17, 15) is 42.3 Å². The van der Waals surface area contributed by atoms with Gasteiger partial charge in [0.25, 0.3) is 23.6 Å². The Labute approximate surface area is 404 Å². The number of methoxy groups -OCH3 is 1. The molecule has 0 saturated carbocycles. The third-order valence-electron chi connectivity index (χ3n) is 13.1. The van der Waals surface area contributed by atoms with Crippen molar-refractivity contribution in [2.75, 3.05) is 33.9 Å². The minimum Gasteiger partial charge on any atom is -0.494 e. The van der Waals surface area contributed by atoms with Crippen LogP contribution in [0.15, 0.2) is 71.6 Å². The molecule has 3 aliphatic rings. The van der Waals surface area contributed by atoms with E-state index in [1.165, 1.54) is 36.7 Å². The highest BCUT2D eigenvalue weighted by Crippen LogP contribution is 2.38. The van der Waals surface area contributed by atoms with Crippen molar-refractivity contribution in [2.45, 2.75) is 94.7 Å². The van der Waals surface area contributed by atoms with Crippen molar-refractivity contribution >= 4 is 56.6 Å². The molecule has 5 aromatic rings. The number of carboxylic acid groups (broad SMARTS) is 1. The SMILES string of the molecule is COc1cc(C(CC(=O)O)c2ccc(C)c(CN3C[C@@H](C)Oc4cc(CCCCCCNC(=O)COc5cccc6c5C(=O)N(C5CCC(=O)N(C)C5=O)C6=O)ccc4S3(=O)=O)c2)cc2nnn(C)c12. The second-order valence-corrected chi connectivity index (χ2v) is 19.9. The van der Waals surface area contributed by atoms with Crippen LogP contribution in [0, 0.1) is 6.92 Å². The van der Waals surface area contributed by atoms with Gasteiger partial charge in [-0.05, 0) is 104 Å². The van der Waals surface area contributed by atoms with Crippen LogP contribution in [0.1, 0.15) is 106 Å². The zero-order chi connectivity index (χ0) is 50.0. The van der Waals surface area contributed by atoms with Crippen molar-refractivity contribution in [1.29, 1.82) is 0 Å². The highest BCUT2D eigenvalue weighted by Gasteiger charge is 2.47. The van der Waals surface area contributed by atoms with E-state index in [-0.39, 0.29) is 65.8 Å². The molecule has 70 heavy (non-hydrogen) atoms. The first-order valence-corrected chi connectivity index (χ1v) is 24.6. The summed E-state index contributed by atoms with van der Waals surface area (Å²) in [7, 11) is 0.583. The molecule has 0 bridgehead atoms. The highest BCUT2D eigenvalue weighted by molar-refractivity contribution is 7.89. The van der Waals surface area contributed by atoms with Crippen molar-refractivity contribution in [3.63, 3.8) is 0 Å². The number of nitrogens with one attached hydrogen (secondary N) is 1. The van der Waals surface area contributed by atoms with E-state index < -0.39 is 64.3 Å². The summed E-state index contributed by atoms with van der Waals surface area (Å²) in [5.74, 6) is -3.54. The second-order valence-electron chi connectivity index (χ2n) is 18.0. The summed E-state index contributed by atoms with van der Waals surface area (Å²) in [4.78, 5) is 78.2. The molecule has 2 unspecified atom stereocenters. The first-order valence-electron chi connectivity index (χ1n) is 23.2. The number of aryl methyl sites for hydroxylation is 3. The number of hydrogen-bond acceptors (Lipinski definition) is 13. The molecule has 3 atom stereocenters. The Morgan fingerprint density at radius 3 is 2.50 bits per heavy atom. The van der Waals surface area contributed by atoms with Gasteiger partial charge in [0.05, 0.1) is 31.2 Å². The number of aromatic nitrogens is 3. The molecule has 1 saturated heterocycles. The number of carbonyl (C=O) groups is 6. The van der Waals surface area contributed by atoms with E-state index in [2.05, 4.69) is 15.6 Å². The van der Waals surface area contributed by atoms with Crippen LogP contribution in [0.3, 0.4) is 0 Å². The maximum atomic E-state index is 14.3. The fourth-order valence-electron chi connectivity index (χ4n) is 9.39. The molecule has 4 heterocycles. The number of amides is 5. The van der Waals surface area contributed by atoms with Crippen LogP contribution in [-0.2, 0) is 49.2 Å². The lowest BCUT2D eigenvalue weighted by molar-refractivity contribution is -0.149.